The minimum Gasteiger partial charge on any atom is -0.458 e. The molecule has 2 rings (SSSR count). The van der Waals surface area contributed by atoms with E-state index in [1.54, 1.807) is 13.1 Å². The molecule has 1 unspecified atom stereocenters. The van der Waals surface area contributed by atoms with Gasteiger partial charge in [0.05, 0.1) is 6.54 Å². The maximum Gasteiger partial charge on any atom is 0.300 e. The molecule has 0 bridgehead atoms. The molecule has 0 amide bonds. The van der Waals surface area contributed by atoms with E-state index in [0.717, 1.165) is 0 Å². The molecule has 0 spiro atoms. The highest BCUT2D eigenvalue weighted by Crippen LogP contribution is 2.16. The van der Waals surface area contributed by atoms with Crippen molar-refractivity contribution < 1.29 is 4.74 Å². The van der Waals surface area contributed by atoms with Gasteiger partial charge in [0.15, 0.2) is 0 Å². The molecule has 0 saturated heterocycles. The first-order valence-electron chi connectivity index (χ1n) is 4.15. The smallest absolute Gasteiger partial charge is 0.300 e. The molecule has 0 aromatic carbocycles. The molecule has 1 atom stereocenters. The standard InChI is InChI=1S/C8H11N3O2/c1-5-3-11-4-6(2-9)13-8(11)10-7(5)12/h3,6H,2,4,9H2,1H3. The van der Waals surface area contributed by atoms with Gasteiger partial charge in [0.2, 0.25) is 0 Å². The summed E-state index contributed by atoms with van der Waals surface area (Å²) in [7, 11) is 0. The summed E-state index contributed by atoms with van der Waals surface area (Å²) in [5.41, 5.74) is 5.84. The van der Waals surface area contributed by atoms with Crippen molar-refractivity contribution in [1.82, 2.24) is 9.55 Å². The van der Waals surface area contributed by atoms with Crippen LogP contribution < -0.4 is 16.0 Å². The van der Waals surface area contributed by atoms with E-state index in [4.69, 9.17) is 10.5 Å². The fraction of sp³-hybridized carbons (Fsp3) is 0.500. The normalized spacial score (nSPS) is 19.7. The molecule has 70 valence electrons. The zero-order valence-electron chi connectivity index (χ0n) is 7.36. The number of ether oxygens (including phenoxy) is 1. The van der Waals surface area contributed by atoms with E-state index in [2.05, 4.69) is 4.98 Å². The fourth-order valence-corrected chi connectivity index (χ4v) is 1.34. The van der Waals surface area contributed by atoms with Crippen LogP contribution in [0.3, 0.4) is 0 Å². The molecule has 0 aliphatic carbocycles. The Morgan fingerprint density at radius 3 is 3.31 bits per heavy atom. The van der Waals surface area contributed by atoms with Gasteiger partial charge in [-0.3, -0.25) is 9.36 Å². The van der Waals surface area contributed by atoms with Gasteiger partial charge in [-0.25, -0.2) is 0 Å². The first kappa shape index (κ1) is 8.25. The molecule has 1 aliphatic rings. The van der Waals surface area contributed by atoms with Crippen molar-refractivity contribution in [3.63, 3.8) is 0 Å². The Balaban J connectivity index is 2.42. The Labute approximate surface area is 75.1 Å². The van der Waals surface area contributed by atoms with Crippen molar-refractivity contribution in [2.24, 2.45) is 5.73 Å². The highest BCUT2D eigenvalue weighted by atomic mass is 16.5. The van der Waals surface area contributed by atoms with Gasteiger partial charge in [0.1, 0.15) is 6.10 Å². The number of rotatable bonds is 1. The largest absolute Gasteiger partial charge is 0.458 e. The van der Waals surface area contributed by atoms with E-state index in [0.29, 0.717) is 24.7 Å². The summed E-state index contributed by atoms with van der Waals surface area (Å²) in [6.07, 6.45) is 1.70. The van der Waals surface area contributed by atoms with Crippen LogP contribution in [0.2, 0.25) is 0 Å². The minimum atomic E-state index is -0.232. The van der Waals surface area contributed by atoms with Gasteiger partial charge in [-0.1, -0.05) is 0 Å². The molecule has 0 radical (unpaired) electrons. The van der Waals surface area contributed by atoms with Crippen LogP contribution >= 0.6 is 0 Å². The monoisotopic (exact) mass is 181 g/mol. The molecular weight excluding hydrogens is 170 g/mol. The van der Waals surface area contributed by atoms with E-state index in [9.17, 15) is 4.79 Å². The van der Waals surface area contributed by atoms with Crippen LogP contribution in [-0.2, 0) is 6.54 Å². The second-order valence-electron chi connectivity index (χ2n) is 3.14. The predicted molar refractivity (Wildman–Crippen MR) is 46.7 cm³/mol. The summed E-state index contributed by atoms with van der Waals surface area (Å²) in [6, 6.07) is 0.381. The van der Waals surface area contributed by atoms with Crippen LogP contribution in [-0.4, -0.2) is 22.2 Å². The Morgan fingerprint density at radius 1 is 1.85 bits per heavy atom. The van der Waals surface area contributed by atoms with E-state index >= 15 is 0 Å². The van der Waals surface area contributed by atoms with E-state index in [1.807, 2.05) is 4.57 Å². The summed E-state index contributed by atoms with van der Waals surface area (Å²) in [4.78, 5) is 14.9. The zero-order chi connectivity index (χ0) is 9.42. The third-order valence-electron chi connectivity index (χ3n) is 2.07. The van der Waals surface area contributed by atoms with Crippen LogP contribution in [0.4, 0.5) is 0 Å². The third kappa shape index (κ3) is 1.31. The van der Waals surface area contributed by atoms with Crippen molar-refractivity contribution in [2.45, 2.75) is 19.6 Å². The van der Waals surface area contributed by atoms with E-state index < -0.39 is 0 Å². The summed E-state index contributed by atoms with van der Waals surface area (Å²) in [5.74, 6) is 0. The first-order chi connectivity index (χ1) is 6.20. The first-order valence-corrected chi connectivity index (χ1v) is 4.15. The average Bonchev–Trinajstić information content (AvgIpc) is 2.48. The third-order valence-corrected chi connectivity index (χ3v) is 2.07. The Hall–Kier alpha value is -1.36. The maximum atomic E-state index is 11.1. The molecule has 1 aliphatic heterocycles. The van der Waals surface area contributed by atoms with Crippen molar-refractivity contribution in [1.29, 1.82) is 0 Å². The minimum absolute atomic E-state index is 0.0475. The highest BCUT2D eigenvalue weighted by Gasteiger charge is 2.22. The SMILES string of the molecule is Cc1cn2c(nc1=O)OC(CN)C2. The molecule has 5 heteroatoms. The van der Waals surface area contributed by atoms with Crippen molar-refractivity contribution in [2.75, 3.05) is 6.54 Å². The summed E-state index contributed by atoms with van der Waals surface area (Å²) < 4.78 is 7.13. The quantitative estimate of drug-likeness (QED) is 0.620. The highest BCUT2D eigenvalue weighted by molar-refractivity contribution is 5.11. The van der Waals surface area contributed by atoms with Crippen LogP contribution in [0.25, 0.3) is 0 Å². The molecule has 2 heterocycles. The number of hydrogen-bond donors (Lipinski definition) is 1. The Bertz CT molecular complexity index is 385. The predicted octanol–water partition coefficient (Wildman–Crippen LogP) is -0.729. The summed E-state index contributed by atoms with van der Waals surface area (Å²) in [5, 5.41) is 0. The lowest BCUT2D eigenvalue weighted by molar-refractivity contribution is 0.233. The number of aromatic nitrogens is 2. The van der Waals surface area contributed by atoms with Gasteiger partial charge in [-0.15, -0.1) is 0 Å². The molecule has 2 N–H and O–H groups in total. The second-order valence-corrected chi connectivity index (χ2v) is 3.14. The second kappa shape index (κ2) is 2.85. The Morgan fingerprint density at radius 2 is 2.62 bits per heavy atom. The molecular formula is C8H11N3O2. The lowest BCUT2D eigenvalue weighted by Gasteiger charge is -2.02. The van der Waals surface area contributed by atoms with Crippen molar-refractivity contribution >= 4 is 0 Å². The fourth-order valence-electron chi connectivity index (χ4n) is 1.34. The molecule has 5 nitrogen and oxygen atoms in total. The topological polar surface area (TPSA) is 70.1 Å². The molecule has 1 aromatic heterocycles. The van der Waals surface area contributed by atoms with Gasteiger partial charge in [-0.05, 0) is 6.92 Å². The van der Waals surface area contributed by atoms with Gasteiger partial charge in [-0.2, -0.15) is 4.98 Å². The molecule has 0 fully saturated rings. The number of hydrogen-bond acceptors (Lipinski definition) is 4. The molecule has 1 aromatic rings. The molecule has 13 heavy (non-hydrogen) atoms. The summed E-state index contributed by atoms with van der Waals surface area (Å²) in [6.45, 7) is 2.86. The van der Waals surface area contributed by atoms with Crippen LogP contribution in [0.5, 0.6) is 6.01 Å². The Kier molecular flexibility index (Phi) is 1.81. The van der Waals surface area contributed by atoms with Crippen molar-refractivity contribution in [3.8, 4) is 6.01 Å². The van der Waals surface area contributed by atoms with Gasteiger partial charge >= 0.3 is 0 Å². The number of nitrogens with zero attached hydrogens (tertiary/aromatic N) is 2. The van der Waals surface area contributed by atoms with Crippen LogP contribution in [0.15, 0.2) is 11.0 Å². The average molecular weight is 181 g/mol. The van der Waals surface area contributed by atoms with E-state index in [1.165, 1.54) is 0 Å². The number of nitrogens with two attached hydrogens (primary N) is 1. The lowest BCUT2D eigenvalue weighted by atomic mass is 10.3. The zero-order valence-corrected chi connectivity index (χ0v) is 7.36. The lowest BCUT2D eigenvalue weighted by Crippen LogP contribution is -2.24. The maximum absolute atomic E-state index is 11.1. The number of fused-ring (bicyclic) bond motifs is 1. The number of aryl methyl sites for hydroxylation is 1. The molecule has 0 saturated carbocycles. The van der Waals surface area contributed by atoms with E-state index in [-0.39, 0.29) is 11.7 Å². The van der Waals surface area contributed by atoms with Crippen LogP contribution in [0.1, 0.15) is 5.56 Å². The van der Waals surface area contributed by atoms with Gasteiger partial charge in [0.25, 0.3) is 11.6 Å². The van der Waals surface area contributed by atoms with Crippen molar-refractivity contribution in [3.05, 3.63) is 22.1 Å². The summed E-state index contributed by atoms with van der Waals surface area (Å²) >= 11 is 0. The van der Waals surface area contributed by atoms with Gasteiger partial charge < -0.3 is 10.5 Å². The van der Waals surface area contributed by atoms with Gasteiger partial charge in [0, 0.05) is 18.3 Å². The van der Waals surface area contributed by atoms with Crippen LogP contribution in [0, 0.1) is 6.92 Å².